The van der Waals surface area contributed by atoms with E-state index in [1.165, 1.54) is 19.2 Å². The number of aromatic nitrogens is 2. The number of fused-ring (bicyclic) bond motifs is 1. The monoisotopic (exact) mass is 496 g/mol. The smallest absolute Gasteiger partial charge is 0.356 e. The van der Waals surface area contributed by atoms with Gasteiger partial charge >= 0.3 is 5.97 Å². The highest BCUT2D eigenvalue weighted by atomic mass is 19.1. The van der Waals surface area contributed by atoms with Crippen molar-refractivity contribution < 1.29 is 23.1 Å². The first kappa shape index (κ1) is 24.4. The molecule has 0 N–H and O–H groups in total. The first-order valence-electron chi connectivity index (χ1n) is 12.3. The number of carbonyl (C=O) groups is 2. The topological polar surface area (TPSA) is 67.7 Å². The summed E-state index contributed by atoms with van der Waals surface area (Å²) in [5, 5.41) is 0.829. The van der Waals surface area contributed by atoms with Crippen LogP contribution in [0.25, 0.3) is 10.9 Å². The Hall–Kier alpha value is -3.33. The van der Waals surface area contributed by atoms with Gasteiger partial charge in [0.05, 0.1) is 25.4 Å². The lowest BCUT2D eigenvalue weighted by molar-refractivity contribution is -0.129. The molecule has 1 aliphatic carbocycles. The molecule has 1 aromatic carbocycles. The molecule has 0 unspecified atom stereocenters. The Labute approximate surface area is 208 Å². The first-order valence-corrected chi connectivity index (χ1v) is 12.3. The molecule has 1 saturated carbocycles. The maximum atomic E-state index is 14.4. The normalized spacial score (nSPS) is 18.0. The quantitative estimate of drug-likeness (QED) is 0.417. The van der Waals surface area contributed by atoms with Crippen molar-refractivity contribution in [1.29, 1.82) is 0 Å². The number of pyridine rings is 1. The molecule has 9 heteroatoms. The van der Waals surface area contributed by atoms with E-state index in [0.29, 0.717) is 30.6 Å². The zero-order chi connectivity index (χ0) is 25.4. The van der Waals surface area contributed by atoms with Gasteiger partial charge < -0.3 is 19.1 Å². The zero-order valence-electron chi connectivity index (χ0n) is 20.5. The average Bonchev–Trinajstić information content (AvgIpc) is 3.55. The summed E-state index contributed by atoms with van der Waals surface area (Å²) in [7, 11) is 3.34. The van der Waals surface area contributed by atoms with Crippen LogP contribution in [0.3, 0.4) is 0 Å². The van der Waals surface area contributed by atoms with Gasteiger partial charge in [0.2, 0.25) is 5.91 Å². The van der Waals surface area contributed by atoms with Crippen LogP contribution in [0.5, 0.6) is 0 Å². The summed E-state index contributed by atoms with van der Waals surface area (Å²) in [5.74, 6) is -1.48. The average molecular weight is 497 g/mol. The maximum absolute atomic E-state index is 14.4. The number of halogens is 2. The van der Waals surface area contributed by atoms with Gasteiger partial charge in [0.15, 0.2) is 0 Å². The van der Waals surface area contributed by atoms with Crippen LogP contribution in [-0.4, -0.2) is 64.0 Å². The van der Waals surface area contributed by atoms with Crippen LogP contribution in [0, 0.1) is 11.6 Å². The molecule has 0 bridgehead atoms. The van der Waals surface area contributed by atoms with Gasteiger partial charge in [-0.25, -0.2) is 18.6 Å². The fourth-order valence-electron chi connectivity index (χ4n) is 5.21. The minimum Gasteiger partial charge on any atom is -0.464 e. The molecule has 3 heterocycles. The van der Waals surface area contributed by atoms with Crippen molar-refractivity contribution in [2.45, 2.75) is 57.3 Å². The van der Waals surface area contributed by atoms with E-state index in [9.17, 15) is 18.4 Å². The molecule has 0 radical (unpaired) electrons. The van der Waals surface area contributed by atoms with Gasteiger partial charge in [-0.15, -0.1) is 0 Å². The van der Waals surface area contributed by atoms with Crippen LogP contribution >= 0.6 is 0 Å². The van der Waals surface area contributed by atoms with Crippen molar-refractivity contribution in [3.05, 3.63) is 65.1 Å². The van der Waals surface area contributed by atoms with Crippen molar-refractivity contribution in [1.82, 2.24) is 19.4 Å². The summed E-state index contributed by atoms with van der Waals surface area (Å²) >= 11 is 0. The third-order valence-electron chi connectivity index (χ3n) is 7.20. The second-order valence-electron chi connectivity index (χ2n) is 9.85. The summed E-state index contributed by atoms with van der Waals surface area (Å²) in [6.45, 7) is 1.62. The second kappa shape index (κ2) is 9.97. The van der Waals surface area contributed by atoms with E-state index in [0.717, 1.165) is 54.8 Å². The van der Waals surface area contributed by atoms with E-state index in [4.69, 9.17) is 4.74 Å². The Bertz CT molecular complexity index is 1300. The summed E-state index contributed by atoms with van der Waals surface area (Å²) in [4.78, 5) is 32.9. The number of carbonyl (C=O) groups excluding carboxylic acids is 2. The Morgan fingerprint density at radius 3 is 2.72 bits per heavy atom. The molecule has 1 atom stereocenters. The van der Waals surface area contributed by atoms with E-state index in [2.05, 4.69) is 14.8 Å². The molecule has 2 aliphatic rings. The lowest BCUT2D eigenvalue weighted by Gasteiger charge is -2.26. The Morgan fingerprint density at radius 2 is 2.00 bits per heavy atom. The molecule has 1 saturated heterocycles. The van der Waals surface area contributed by atoms with Gasteiger partial charge in [0.25, 0.3) is 0 Å². The Kier molecular flexibility index (Phi) is 6.75. The van der Waals surface area contributed by atoms with Gasteiger partial charge in [-0.05, 0) is 50.4 Å². The molecule has 5 rings (SSSR count). The van der Waals surface area contributed by atoms with Gasteiger partial charge in [0, 0.05) is 54.8 Å². The zero-order valence-corrected chi connectivity index (χ0v) is 20.5. The number of rotatable bonds is 9. The number of amides is 1. The number of hydrogen-bond acceptors (Lipinski definition) is 5. The number of benzene rings is 1. The second-order valence-corrected chi connectivity index (χ2v) is 9.85. The number of hydrogen-bond donors (Lipinski definition) is 0. The maximum Gasteiger partial charge on any atom is 0.356 e. The number of esters is 1. The van der Waals surface area contributed by atoms with Crippen LogP contribution in [0.1, 0.15) is 53.7 Å². The SMILES string of the molecule is COC(=O)c1cc2c(CN(C)CC[C@@H]3CCC(=O)N3C3CC3)cn(Cc3ccc(F)cc3F)c2cn1. The van der Waals surface area contributed by atoms with Crippen LogP contribution in [0.15, 0.2) is 36.7 Å². The molecule has 36 heavy (non-hydrogen) atoms. The molecular weight excluding hydrogens is 466 g/mol. The van der Waals surface area contributed by atoms with Crippen molar-refractivity contribution in [2.75, 3.05) is 20.7 Å². The Morgan fingerprint density at radius 1 is 1.19 bits per heavy atom. The van der Waals surface area contributed by atoms with Gasteiger partial charge in [-0.2, -0.15) is 0 Å². The Balaban J connectivity index is 1.37. The van der Waals surface area contributed by atoms with E-state index in [1.807, 2.05) is 17.8 Å². The third kappa shape index (κ3) is 4.97. The highest BCUT2D eigenvalue weighted by molar-refractivity contribution is 5.93. The van der Waals surface area contributed by atoms with Crippen LogP contribution in [0.4, 0.5) is 8.78 Å². The van der Waals surface area contributed by atoms with Gasteiger partial charge in [-0.3, -0.25) is 4.79 Å². The summed E-state index contributed by atoms with van der Waals surface area (Å²) in [6, 6.07) is 5.99. The summed E-state index contributed by atoms with van der Waals surface area (Å²) < 4.78 is 34.5. The highest BCUT2D eigenvalue weighted by Gasteiger charge is 2.40. The van der Waals surface area contributed by atoms with Crippen LogP contribution < -0.4 is 0 Å². The van der Waals surface area contributed by atoms with E-state index < -0.39 is 17.6 Å². The predicted octanol–water partition coefficient (Wildman–Crippen LogP) is 4.12. The predicted molar refractivity (Wildman–Crippen MR) is 130 cm³/mol. The van der Waals surface area contributed by atoms with E-state index in [-0.39, 0.29) is 18.1 Å². The van der Waals surface area contributed by atoms with Gasteiger partial charge in [0.1, 0.15) is 17.3 Å². The fraction of sp³-hybridized carbons (Fsp3) is 0.444. The molecule has 2 aromatic heterocycles. The lowest BCUT2D eigenvalue weighted by atomic mass is 10.1. The molecule has 0 spiro atoms. The van der Waals surface area contributed by atoms with Gasteiger partial charge in [-0.1, -0.05) is 6.07 Å². The lowest BCUT2D eigenvalue weighted by Crippen LogP contribution is -2.37. The fourth-order valence-corrected chi connectivity index (χ4v) is 5.21. The number of nitrogens with zero attached hydrogens (tertiary/aromatic N) is 4. The molecule has 2 fully saturated rings. The van der Waals surface area contributed by atoms with Crippen molar-refractivity contribution in [2.24, 2.45) is 0 Å². The minimum absolute atomic E-state index is 0.198. The molecule has 1 amide bonds. The number of likely N-dealkylation sites (tertiary alicyclic amines) is 1. The molecule has 3 aromatic rings. The number of ether oxygens (including phenoxy) is 1. The van der Waals surface area contributed by atoms with Crippen molar-refractivity contribution >= 4 is 22.8 Å². The van der Waals surface area contributed by atoms with Crippen LogP contribution in [0.2, 0.25) is 0 Å². The van der Waals surface area contributed by atoms with Crippen LogP contribution in [-0.2, 0) is 22.6 Å². The number of methoxy groups -OCH3 is 1. The molecular formula is C27H30F2N4O3. The van der Waals surface area contributed by atoms with Crippen molar-refractivity contribution in [3.63, 3.8) is 0 Å². The molecule has 190 valence electrons. The summed E-state index contributed by atoms with van der Waals surface area (Å²) in [5.41, 5.74) is 2.26. The summed E-state index contributed by atoms with van der Waals surface area (Å²) in [6.07, 6.45) is 8.21. The minimum atomic E-state index is -0.621. The third-order valence-corrected chi connectivity index (χ3v) is 7.20. The molecule has 7 nitrogen and oxygen atoms in total. The standard InChI is InChI=1S/C27H30F2N4O3/c1-31(10-9-21-7-8-26(34)33(21)20-5-6-20)14-18-16-32(15-17-3-4-19(28)11-23(17)29)25-13-30-24(12-22(18)25)27(35)36-2/h3-4,11-13,16,20-21H,5-10,14-15H2,1-2H3/t21-/m0/s1. The highest BCUT2D eigenvalue weighted by Crippen LogP contribution is 2.35. The largest absolute Gasteiger partial charge is 0.464 e. The van der Waals surface area contributed by atoms with E-state index in [1.54, 1.807) is 12.3 Å². The van der Waals surface area contributed by atoms with Crippen molar-refractivity contribution in [3.8, 4) is 0 Å². The van der Waals surface area contributed by atoms with E-state index >= 15 is 0 Å². The first-order chi connectivity index (χ1) is 17.3. The molecule has 1 aliphatic heterocycles.